The Morgan fingerprint density at radius 3 is 2.55 bits per heavy atom. The predicted octanol–water partition coefficient (Wildman–Crippen LogP) is 2.90. The number of carbonyl (C=O) groups is 3. The van der Waals surface area contributed by atoms with Crippen molar-refractivity contribution in [2.45, 2.75) is 19.9 Å². The lowest BCUT2D eigenvalue weighted by molar-refractivity contribution is 0.0923. The summed E-state index contributed by atoms with van der Waals surface area (Å²) < 4.78 is 7.20. The lowest BCUT2D eigenvalue weighted by Gasteiger charge is -2.14. The number of nitrogens with zero attached hydrogens (tertiary/aromatic N) is 3. The van der Waals surface area contributed by atoms with Crippen LogP contribution in [0.4, 0.5) is 5.69 Å². The molecule has 0 bridgehead atoms. The molecule has 158 valence electrons. The molecule has 0 fully saturated rings. The molecule has 0 unspecified atom stereocenters. The largest absolute Gasteiger partial charge is 0.494 e. The predicted molar refractivity (Wildman–Crippen MR) is 114 cm³/mol. The number of rotatable bonds is 8. The summed E-state index contributed by atoms with van der Waals surface area (Å²) in [5.74, 6) is -0.481. The van der Waals surface area contributed by atoms with Gasteiger partial charge in [-0.05, 0) is 61.9 Å². The van der Waals surface area contributed by atoms with E-state index < -0.39 is 11.8 Å². The van der Waals surface area contributed by atoms with Gasteiger partial charge in [-0.25, -0.2) is 4.90 Å². The second-order valence-corrected chi connectivity index (χ2v) is 7.01. The van der Waals surface area contributed by atoms with Crippen molar-refractivity contribution in [3.8, 4) is 5.75 Å². The first kappa shape index (κ1) is 20.3. The second kappa shape index (κ2) is 8.83. The van der Waals surface area contributed by atoms with Crippen molar-refractivity contribution in [2.75, 3.05) is 18.1 Å². The molecule has 0 radical (unpaired) electrons. The highest BCUT2D eigenvalue weighted by atomic mass is 16.5. The zero-order valence-corrected chi connectivity index (χ0v) is 17.1. The topological polar surface area (TPSA) is 93.5 Å². The van der Waals surface area contributed by atoms with Crippen LogP contribution in [0.1, 0.15) is 44.4 Å². The van der Waals surface area contributed by atoms with Crippen LogP contribution in [0.25, 0.3) is 0 Å². The van der Waals surface area contributed by atoms with Crippen molar-refractivity contribution in [3.63, 3.8) is 0 Å². The van der Waals surface area contributed by atoms with Crippen LogP contribution in [-0.2, 0) is 6.54 Å². The number of hydrogen-bond donors (Lipinski definition) is 1. The minimum atomic E-state index is -0.447. The van der Waals surface area contributed by atoms with Crippen molar-refractivity contribution in [2.24, 2.45) is 0 Å². The van der Waals surface area contributed by atoms with Gasteiger partial charge >= 0.3 is 0 Å². The Bertz CT molecular complexity index is 1110. The minimum absolute atomic E-state index is 0.225. The molecule has 2 aromatic carbocycles. The minimum Gasteiger partial charge on any atom is -0.494 e. The van der Waals surface area contributed by atoms with Crippen LogP contribution in [0, 0.1) is 0 Å². The van der Waals surface area contributed by atoms with Crippen molar-refractivity contribution in [1.82, 2.24) is 15.1 Å². The fourth-order valence-electron chi connectivity index (χ4n) is 3.45. The maximum Gasteiger partial charge on any atom is 0.266 e. The first-order valence-electron chi connectivity index (χ1n) is 10.1. The molecule has 0 atom stereocenters. The highest BCUT2D eigenvalue weighted by Crippen LogP contribution is 2.30. The Morgan fingerprint density at radius 2 is 1.84 bits per heavy atom. The number of hydrogen-bond acceptors (Lipinski definition) is 5. The average Bonchev–Trinajstić information content (AvgIpc) is 3.39. The zero-order valence-electron chi connectivity index (χ0n) is 17.1. The van der Waals surface area contributed by atoms with Crippen LogP contribution in [0.5, 0.6) is 5.75 Å². The van der Waals surface area contributed by atoms with Gasteiger partial charge in [-0.15, -0.1) is 0 Å². The lowest BCUT2D eigenvalue weighted by Crippen LogP contribution is -2.29. The highest BCUT2D eigenvalue weighted by molar-refractivity contribution is 6.34. The SMILES string of the molecule is CCOc1ccc(N2C(=O)c3ccc(C(=O)NCCCn4cccn4)cc3C2=O)cc1. The average molecular weight is 418 g/mol. The summed E-state index contributed by atoms with van der Waals surface area (Å²) in [6, 6.07) is 13.2. The number of carbonyl (C=O) groups excluding carboxylic acids is 3. The van der Waals surface area contributed by atoms with Gasteiger partial charge in [0.1, 0.15) is 5.75 Å². The molecular formula is C23H22N4O4. The number of aryl methyl sites for hydroxylation is 1. The maximum absolute atomic E-state index is 12.9. The molecule has 3 aromatic rings. The van der Waals surface area contributed by atoms with Crippen LogP contribution in [0.2, 0.25) is 0 Å². The quantitative estimate of drug-likeness (QED) is 0.448. The van der Waals surface area contributed by atoms with Gasteiger partial charge in [-0.3, -0.25) is 19.1 Å². The fourth-order valence-corrected chi connectivity index (χ4v) is 3.45. The zero-order chi connectivity index (χ0) is 21.8. The summed E-state index contributed by atoms with van der Waals surface area (Å²) in [5.41, 5.74) is 1.31. The normalized spacial score (nSPS) is 12.7. The molecular weight excluding hydrogens is 396 g/mol. The van der Waals surface area contributed by atoms with Gasteiger partial charge < -0.3 is 10.1 Å². The van der Waals surface area contributed by atoms with Gasteiger partial charge in [0.05, 0.1) is 23.4 Å². The van der Waals surface area contributed by atoms with Crippen LogP contribution in [-0.4, -0.2) is 40.7 Å². The summed E-state index contributed by atoms with van der Waals surface area (Å²) in [6.07, 6.45) is 4.29. The molecule has 8 heteroatoms. The van der Waals surface area contributed by atoms with Gasteiger partial charge in [-0.1, -0.05) is 0 Å². The van der Waals surface area contributed by atoms with Crippen molar-refractivity contribution in [1.29, 1.82) is 0 Å². The number of fused-ring (bicyclic) bond motifs is 1. The van der Waals surface area contributed by atoms with E-state index in [1.54, 1.807) is 41.2 Å². The van der Waals surface area contributed by atoms with Crippen LogP contribution < -0.4 is 15.0 Å². The summed E-state index contributed by atoms with van der Waals surface area (Å²) in [7, 11) is 0. The van der Waals surface area contributed by atoms with E-state index in [2.05, 4.69) is 10.4 Å². The molecule has 1 aromatic heterocycles. The number of aromatic nitrogens is 2. The highest BCUT2D eigenvalue weighted by Gasteiger charge is 2.37. The molecule has 4 rings (SSSR count). The number of imide groups is 1. The molecule has 2 heterocycles. The van der Waals surface area contributed by atoms with E-state index in [1.165, 1.54) is 12.1 Å². The Balaban J connectivity index is 1.44. The molecule has 3 amide bonds. The standard InChI is InChI=1S/C23H22N4O4/c1-2-31-18-8-6-17(7-9-18)27-22(29)19-10-5-16(15-20(19)23(27)30)21(28)24-11-3-13-26-14-4-12-25-26/h4-10,12,14-15H,2-3,11,13H2,1H3,(H,24,28). The first-order valence-corrected chi connectivity index (χ1v) is 10.1. The lowest BCUT2D eigenvalue weighted by atomic mass is 10.1. The van der Waals surface area contributed by atoms with Gasteiger partial charge in [0.2, 0.25) is 0 Å². The first-order chi connectivity index (χ1) is 15.1. The van der Waals surface area contributed by atoms with Crippen molar-refractivity contribution in [3.05, 3.63) is 77.6 Å². The second-order valence-electron chi connectivity index (χ2n) is 7.01. The summed E-state index contributed by atoms with van der Waals surface area (Å²) in [4.78, 5) is 39.3. The van der Waals surface area contributed by atoms with Gasteiger partial charge in [-0.2, -0.15) is 5.10 Å². The number of amides is 3. The van der Waals surface area contributed by atoms with Crippen LogP contribution in [0.15, 0.2) is 60.9 Å². The molecule has 1 aliphatic heterocycles. The number of benzene rings is 2. The van der Waals surface area contributed by atoms with Crippen molar-refractivity contribution >= 4 is 23.4 Å². The summed E-state index contributed by atoms with van der Waals surface area (Å²) in [6.45, 7) is 3.58. The molecule has 0 saturated heterocycles. The third-order valence-corrected chi connectivity index (χ3v) is 4.96. The Labute approximate surface area is 179 Å². The molecule has 1 N–H and O–H groups in total. The summed E-state index contributed by atoms with van der Waals surface area (Å²) >= 11 is 0. The van der Waals surface area contributed by atoms with E-state index >= 15 is 0 Å². The monoisotopic (exact) mass is 418 g/mol. The van der Waals surface area contributed by atoms with E-state index in [-0.39, 0.29) is 17.0 Å². The third-order valence-electron chi connectivity index (χ3n) is 4.96. The van der Waals surface area contributed by atoms with Crippen molar-refractivity contribution < 1.29 is 19.1 Å². The smallest absolute Gasteiger partial charge is 0.266 e. The van der Waals surface area contributed by atoms with Gasteiger partial charge in [0.25, 0.3) is 17.7 Å². The van der Waals surface area contributed by atoms with Crippen LogP contribution >= 0.6 is 0 Å². The van der Waals surface area contributed by atoms with Gasteiger partial charge in [0.15, 0.2) is 0 Å². The molecule has 0 spiro atoms. The van der Waals surface area contributed by atoms with E-state index in [0.717, 1.165) is 11.3 Å². The van der Waals surface area contributed by atoms with E-state index in [4.69, 9.17) is 4.74 Å². The van der Waals surface area contributed by atoms with E-state index in [9.17, 15) is 14.4 Å². The Hall–Kier alpha value is -3.94. The Kier molecular flexibility index (Phi) is 5.79. The number of anilines is 1. The number of ether oxygens (including phenoxy) is 1. The molecule has 8 nitrogen and oxygen atoms in total. The Morgan fingerprint density at radius 1 is 1.06 bits per heavy atom. The maximum atomic E-state index is 12.9. The summed E-state index contributed by atoms with van der Waals surface area (Å²) in [5, 5.41) is 6.95. The molecule has 0 aliphatic carbocycles. The number of nitrogens with one attached hydrogen (secondary N) is 1. The van der Waals surface area contributed by atoms with Gasteiger partial charge in [0, 0.05) is 31.0 Å². The molecule has 0 saturated carbocycles. The van der Waals surface area contributed by atoms with E-state index in [0.29, 0.717) is 36.7 Å². The third kappa shape index (κ3) is 4.18. The molecule has 1 aliphatic rings. The molecule has 31 heavy (non-hydrogen) atoms. The van der Waals surface area contributed by atoms with Crippen LogP contribution in [0.3, 0.4) is 0 Å². The van der Waals surface area contributed by atoms with E-state index in [1.807, 2.05) is 19.2 Å². The fraction of sp³-hybridized carbons (Fsp3) is 0.217.